The highest BCUT2D eigenvalue weighted by Crippen LogP contribution is 2.31. The van der Waals surface area contributed by atoms with E-state index in [1.807, 2.05) is 0 Å². The van der Waals surface area contributed by atoms with E-state index in [0.29, 0.717) is 23.4 Å². The number of nitrogens with zero attached hydrogens (tertiary/aromatic N) is 2. The van der Waals surface area contributed by atoms with Crippen molar-refractivity contribution in [3.8, 4) is 0 Å². The van der Waals surface area contributed by atoms with Crippen LogP contribution in [0.25, 0.3) is 0 Å². The van der Waals surface area contributed by atoms with Crippen molar-refractivity contribution in [1.82, 2.24) is 15.1 Å². The molecule has 1 saturated carbocycles. The van der Waals surface area contributed by atoms with E-state index in [4.69, 9.17) is 11.6 Å². The highest BCUT2D eigenvalue weighted by Gasteiger charge is 2.33. The average molecular weight is 376 g/mol. The fourth-order valence-corrected chi connectivity index (χ4v) is 4.01. The summed E-state index contributed by atoms with van der Waals surface area (Å²) >= 11 is 6.15. The fourth-order valence-electron chi connectivity index (χ4n) is 3.79. The number of hydrogen-bond donors (Lipinski definition) is 1. The Balaban J connectivity index is 1.44. The van der Waals surface area contributed by atoms with E-state index in [1.54, 1.807) is 17.0 Å². The van der Waals surface area contributed by atoms with Crippen LogP contribution in [0.4, 0.5) is 4.39 Å². The van der Waals surface area contributed by atoms with Gasteiger partial charge in [0.05, 0.1) is 12.2 Å². The first-order valence-corrected chi connectivity index (χ1v) is 9.78. The quantitative estimate of drug-likeness (QED) is 0.822. The maximum Gasteiger partial charge on any atom is 0.223 e. The zero-order valence-electron chi connectivity index (χ0n) is 14.7. The van der Waals surface area contributed by atoms with Crippen LogP contribution in [0.2, 0.25) is 5.02 Å². The molecule has 2 aliphatic carbocycles. The van der Waals surface area contributed by atoms with Crippen molar-refractivity contribution in [3.63, 3.8) is 0 Å². The molecule has 0 bridgehead atoms. The van der Waals surface area contributed by atoms with Gasteiger partial charge in [0.15, 0.2) is 0 Å². The molecule has 1 aromatic carbocycles. The molecule has 4 rings (SSSR count). The number of benzene rings is 1. The summed E-state index contributed by atoms with van der Waals surface area (Å²) in [5.41, 5.74) is 3.97. The van der Waals surface area contributed by atoms with Crippen LogP contribution in [0.5, 0.6) is 0 Å². The molecule has 6 heteroatoms. The molecule has 0 spiro atoms. The Bertz CT molecular complexity index is 795. The molecule has 26 heavy (non-hydrogen) atoms. The number of fused-ring (bicyclic) bond motifs is 1. The largest absolute Gasteiger partial charge is 0.335 e. The summed E-state index contributed by atoms with van der Waals surface area (Å²) < 4.78 is 14.1. The second-order valence-corrected chi connectivity index (χ2v) is 7.69. The molecule has 0 unspecified atom stereocenters. The normalized spacial score (nSPS) is 16.4. The molecule has 0 radical (unpaired) electrons. The lowest BCUT2D eigenvalue weighted by atomic mass is 9.94. The lowest BCUT2D eigenvalue weighted by Crippen LogP contribution is -2.33. The van der Waals surface area contributed by atoms with E-state index in [9.17, 15) is 9.18 Å². The first-order valence-electron chi connectivity index (χ1n) is 9.41. The van der Waals surface area contributed by atoms with E-state index >= 15 is 0 Å². The van der Waals surface area contributed by atoms with Gasteiger partial charge in [0.2, 0.25) is 5.91 Å². The highest BCUT2D eigenvalue weighted by molar-refractivity contribution is 6.31. The average Bonchev–Trinajstić information content (AvgIpc) is 3.39. The Kier molecular flexibility index (Phi) is 4.98. The summed E-state index contributed by atoms with van der Waals surface area (Å²) in [4.78, 5) is 14.6. The van der Waals surface area contributed by atoms with Crippen LogP contribution in [0, 0.1) is 5.82 Å². The molecule has 4 nitrogen and oxygen atoms in total. The van der Waals surface area contributed by atoms with Gasteiger partial charge in [-0.25, -0.2) is 4.39 Å². The Hall–Kier alpha value is -1.88. The van der Waals surface area contributed by atoms with Crippen molar-refractivity contribution >= 4 is 17.5 Å². The SMILES string of the molecule is O=C(CCc1n[nH]c2c1CCCC2)N(Cc1c(F)cccc1Cl)C1CC1. The standard InChI is InChI=1S/C20H23ClFN3O/c21-16-5-3-6-17(22)15(16)12-25(13-8-9-13)20(26)11-10-19-14-4-1-2-7-18(14)23-24-19/h3,5-6,13H,1-2,4,7-12H2,(H,23,24). The first-order chi connectivity index (χ1) is 12.6. The van der Waals surface area contributed by atoms with Crippen LogP contribution in [0.15, 0.2) is 18.2 Å². The molecule has 1 heterocycles. The number of carbonyl (C=O) groups excluding carboxylic acids is 1. The predicted molar refractivity (Wildman–Crippen MR) is 98.5 cm³/mol. The van der Waals surface area contributed by atoms with Gasteiger partial charge >= 0.3 is 0 Å². The minimum absolute atomic E-state index is 0.0550. The number of amides is 1. The number of hydrogen-bond acceptors (Lipinski definition) is 2. The van der Waals surface area contributed by atoms with Gasteiger partial charge < -0.3 is 4.90 Å². The van der Waals surface area contributed by atoms with E-state index in [1.165, 1.54) is 30.2 Å². The first kappa shape index (κ1) is 17.5. The number of rotatable bonds is 6. The minimum Gasteiger partial charge on any atom is -0.335 e. The molecule has 138 valence electrons. The third-order valence-corrected chi connectivity index (χ3v) is 5.77. The van der Waals surface area contributed by atoms with Gasteiger partial charge in [-0.3, -0.25) is 9.89 Å². The van der Waals surface area contributed by atoms with E-state index in [2.05, 4.69) is 10.2 Å². The van der Waals surface area contributed by atoms with Crippen LogP contribution >= 0.6 is 11.6 Å². The van der Waals surface area contributed by atoms with E-state index < -0.39 is 0 Å². The molecule has 1 amide bonds. The van der Waals surface area contributed by atoms with Crippen molar-refractivity contribution in [1.29, 1.82) is 0 Å². The third kappa shape index (κ3) is 3.63. The van der Waals surface area contributed by atoms with Crippen LogP contribution in [-0.4, -0.2) is 27.0 Å². The highest BCUT2D eigenvalue weighted by atomic mass is 35.5. The molecular formula is C20H23ClFN3O. The summed E-state index contributed by atoms with van der Waals surface area (Å²) in [6, 6.07) is 4.87. The van der Waals surface area contributed by atoms with Gasteiger partial charge in [-0.1, -0.05) is 17.7 Å². The maximum absolute atomic E-state index is 14.1. The lowest BCUT2D eigenvalue weighted by molar-refractivity contribution is -0.132. The van der Waals surface area contributed by atoms with Gasteiger partial charge in [-0.05, 0) is 56.2 Å². The Morgan fingerprint density at radius 2 is 2.12 bits per heavy atom. The van der Waals surface area contributed by atoms with Crippen molar-refractivity contribution in [3.05, 3.63) is 51.6 Å². The van der Waals surface area contributed by atoms with Crippen LogP contribution < -0.4 is 0 Å². The molecule has 0 aliphatic heterocycles. The smallest absolute Gasteiger partial charge is 0.223 e. The number of aryl methyl sites for hydroxylation is 2. The Labute approximate surface area is 157 Å². The molecule has 1 fully saturated rings. The zero-order valence-corrected chi connectivity index (χ0v) is 15.5. The number of aromatic nitrogens is 2. The van der Waals surface area contributed by atoms with Gasteiger partial charge in [0.25, 0.3) is 0 Å². The number of nitrogens with one attached hydrogen (secondary N) is 1. The van der Waals surface area contributed by atoms with Gasteiger partial charge in [0.1, 0.15) is 5.82 Å². The van der Waals surface area contributed by atoms with Crippen molar-refractivity contribution in [2.24, 2.45) is 0 Å². The summed E-state index contributed by atoms with van der Waals surface area (Å²) in [5.74, 6) is -0.295. The predicted octanol–water partition coefficient (Wildman–Crippen LogP) is 4.20. The zero-order chi connectivity index (χ0) is 18.1. The molecular weight excluding hydrogens is 353 g/mol. The molecule has 0 atom stereocenters. The Morgan fingerprint density at radius 3 is 2.88 bits per heavy atom. The Morgan fingerprint density at radius 1 is 1.31 bits per heavy atom. The summed E-state index contributed by atoms with van der Waals surface area (Å²) in [6.07, 6.45) is 7.49. The second-order valence-electron chi connectivity index (χ2n) is 7.29. The maximum atomic E-state index is 14.1. The van der Waals surface area contributed by atoms with Crippen molar-refractivity contribution < 1.29 is 9.18 Å². The lowest BCUT2D eigenvalue weighted by Gasteiger charge is -2.23. The van der Waals surface area contributed by atoms with E-state index in [-0.39, 0.29) is 24.3 Å². The number of carbonyl (C=O) groups is 1. The fraction of sp³-hybridized carbons (Fsp3) is 0.500. The number of aromatic amines is 1. The topological polar surface area (TPSA) is 49.0 Å². The second kappa shape index (κ2) is 7.39. The van der Waals surface area contributed by atoms with Crippen LogP contribution in [0.1, 0.15) is 54.6 Å². The molecule has 1 N–H and O–H groups in total. The van der Waals surface area contributed by atoms with Crippen molar-refractivity contribution in [2.45, 2.75) is 64.0 Å². The van der Waals surface area contributed by atoms with Crippen LogP contribution in [-0.2, 0) is 30.6 Å². The minimum atomic E-state index is -0.350. The number of H-pyrrole nitrogens is 1. The summed E-state index contributed by atoms with van der Waals surface area (Å²) in [7, 11) is 0. The van der Waals surface area contributed by atoms with Gasteiger partial charge in [0, 0.05) is 35.2 Å². The molecule has 0 saturated heterocycles. The molecule has 2 aromatic rings. The van der Waals surface area contributed by atoms with Gasteiger partial charge in [-0.15, -0.1) is 0 Å². The molecule has 2 aliphatic rings. The third-order valence-electron chi connectivity index (χ3n) is 5.42. The number of halogens is 2. The van der Waals surface area contributed by atoms with E-state index in [0.717, 1.165) is 31.4 Å². The molecule has 1 aromatic heterocycles. The summed E-state index contributed by atoms with van der Waals surface area (Å²) in [5, 5.41) is 7.93. The van der Waals surface area contributed by atoms with Crippen molar-refractivity contribution in [2.75, 3.05) is 0 Å². The van der Waals surface area contributed by atoms with Gasteiger partial charge in [-0.2, -0.15) is 5.10 Å². The monoisotopic (exact) mass is 375 g/mol. The van der Waals surface area contributed by atoms with Crippen LogP contribution in [0.3, 0.4) is 0 Å². The summed E-state index contributed by atoms with van der Waals surface area (Å²) in [6.45, 7) is 0.244.